The Morgan fingerprint density at radius 2 is 1.75 bits per heavy atom. The molecule has 0 fully saturated rings. The van der Waals surface area contributed by atoms with Crippen molar-refractivity contribution in [3.8, 4) is 0 Å². The van der Waals surface area contributed by atoms with Crippen LogP contribution in [0.15, 0.2) is 48.5 Å². The molecule has 0 amide bonds. The zero-order valence-electron chi connectivity index (χ0n) is 10.7. The Morgan fingerprint density at radius 3 is 2.35 bits per heavy atom. The van der Waals surface area contributed by atoms with Crippen LogP contribution in [0.2, 0.25) is 5.02 Å². The van der Waals surface area contributed by atoms with Crippen LogP contribution in [0, 0.1) is 11.7 Å². The number of aliphatic carboxylic acids is 1. The third-order valence-corrected chi connectivity index (χ3v) is 3.37. The third kappa shape index (κ3) is 4.07. The van der Waals surface area contributed by atoms with Crippen LogP contribution in [0.4, 0.5) is 4.39 Å². The predicted octanol–water partition coefficient (Wildman–Crippen LogP) is 3.97. The molecule has 0 aliphatic heterocycles. The van der Waals surface area contributed by atoms with E-state index >= 15 is 0 Å². The molecule has 1 unspecified atom stereocenters. The summed E-state index contributed by atoms with van der Waals surface area (Å²) in [4.78, 5) is 11.3. The third-order valence-electron chi connectivity index (χ3n) is 3.12. The van der Waals surface area contributed by atoms with E-state index in [1.54, 1.807) is 24.3 Å². The summed E-state index contributed by atoms with van der Waals surface area (Å²) in [7, 11) is 0. The van der Waals surface area contributed by atoms with Gasteiger partial charge in [0.1, 0.15) is 5.82 Å². The van der Waals surface area contributed by atoms with Crippen LogP contribution in [-0.4, -0.2) is 11.1 Å². The number of carboxylic acids is 1. The van der Waals surface area contributed by atoms with Crippen LogP contribution in [0.1, 0.15) is 11.1 Å². The largest absolute Gasteiger partial charge is 0.481 e. The van der Waals surface area contributed by atoms with E-state index < -0.39 is 11.9 Å². The number of halogens is 2. The van der Waals surface area contributed by atoms with Gasteiger partial charge in [0.25, 0.3) is 0 Å². The molecule has 2 nitrogen and oxygen atoms in total. The topological polar surface area (TPSA) is 37.3 Å². The van der Waals surface area contributed by atoms with E-state index in [1.807, 2.05) is 12.1 Å². The summed E-state index contributed by atoms with van der Waals surface area (Å²) >= 11 is 5.80. The molecule has 20 heavy (non-hydrogen) atoms. The zero-order chi connectivity index (χ0) is 14.5. The Balaban J connectivity index is 2.11. The Hall–Kier alpha value is -1.87. The van der Waals surface area contributed by atoms with Crippen molar-refractivity contribution in [1.82, 2.24) is 0 Å². The smallest absolute Gasteiger partial charge is 0.307 e. The van der Waals surface area contributed by atoms with Crippen molar-refractivity contribution in [3.63, 3.8) is 0 Å². The number of rotatable bonds is 5. The van der Waals surface area contributed by atoms with Crippen LogP contribution in [0.3, 0.4) is 0 Å². The van der Waals surface area contributed by atoms with Crippen LogP contribution in [0.25, 0.3) is 0 Å². The summed E-state index contributed by atoms with van der Waals surface area (Å²) in [5.74, 6) is -1.82. The second-order valence-electron chi connectivity index (χ2n) is 4.70. The minimum atomic E-state index is -0.885. The first-order valence-electron chi connectivity index (χ1n) is 6.26. The number of carboxylic acid groups (broad SMARTS) is 1. The van der Waals surface area contributed by atoms with Crippen LogP contribution in [0.5, 0.6) is 0 Å². The fraction of sp³-hybridized carbons (Fsp3) is 0.188. The Labute approximate surface area is 121 Å². The average Bonchev–Trinajstić information content (AvgIpc) is 2.40. The van der Waals surface area contributed by atoms with Gasteiger partial charge in [-0.2, -0.15) is 0 Å². The maximum absolute atomic E-state index is 13.1. The molecule has 0 spiro atoms. The first kappa shape index (κ1) is 14.5. The van der Waals surface area contributed by atoms with Gasteiger partial charge in [0.15, 0.2) is 0 Å². The van der Waals surface area contributed by atoms with Gasteiger partial charge < -0.3 is 5.11 Å². The SMILES string of the molecule is O=C(O)C(Cc1ccc(Cl)cc1)Cc1cccc(F)c1. The van der Waals surface area contributed by atoms with Crippen molar-refractivity contribution in [3.05, 3.63) is 70.5 Å². The zero-order valence-corrected chi connectivity index (χ0v) is 11.5. The molecule has 2 aromatic rings. The van der Waals surface area contributed by atoms with Crippen molar-refractivity contribution in [2.45, 2.75) is 12.8 Å². The Morgan fingerprint density at radius 1 is 1.10 bits per heavy atom. The van der Waals surface area contributed by atoms with Gasteiger partial charge >= 0.3 is 5.97 Å². The van der Waals surface area contributed by atoms with Gasteiger partial charge in [-0.1, -0.05) is 35.9 Å². The average molecular weight is 293 g/mol. The van der Waals surface area contributed by atoms with Crippen LogP contribution in [-0.2, 0) is 17.6 Å². The van der Waals surface area contributed by atoms with Crippen molar-refractivity contribution in [1.29, 1.82) is 0 Å². The van der Waals surface area contributed by atoms with Gasteiger partial charge in [0, 0.05) is 5.02 Å². The van der Waals surface area contributed by atoms with Crippen molar-refractivity contribution < 1.29 is 14.3 Å². The molecule has 0 saturated heterocycles. The van der Waals surface area contributed by atoms with Crippen molar-refractivity contribution in [2.75, 3.05) is 0 Å². The standard InChI is InChI=1S/C16H14ClFO2/c17-14-6-4-11(5-7-14)8-13(16(19)20)9-12-2-1-3-15(18)10-12/h1-7,10,13H,8-9H2,(H,19,20). The fourth-order valence-corrected chi connectivity index (χ4v) is 2.23. The molecular formula is C16H14ClFO2. The Bertz CT molecular complexity index is 596. The highest BCUT2D eigenvalue weighted by Gasteiger charge is 2.18. The van der Waals surface area contributed by atoms with E-state index in [9.17, 15) is 14.3 Å². The van der Waals surface area contributed by atoms with E-state index in [1.165, 1.54) is 12.1 Å². The summed E-state index contributed by atoms with van der Waals surface area (Å²) in [6, 6.07) is 13.1. The molecule has 0 radical (unpaired) electrons. The predicted molar refractivity (Wildman–Crippen MR) is 76.4 cm³/mol. The van der Waals surface area contributed by atoms with E-state index in [-0.39, 0.29) is 5.82 Å². The molecule has 0 saturated carbocycles. The molecule has 2 aromatic carbocycles. The summed E-state index contributed by atoms with van der Waals surface area (Å²) in [5.41, 5.74) is 1.59. The van der Waals surface area contributed by atoms with E-state index in [0.29, 0.717) is 23.4 Å². The molecular weight excluding hydrogens is 279 g/mol. The first-order chi connectivity index (χ1) is 9.54. The highest BCUT2D eigenvalue weighted by molar-refractivity contribution is 6.30. The van der Waals surface area contributed by atoms with Crippen molar-refractivity contribution in [2.24, 2.45) is 5.92 Å². The number of carbonyl (C=O) groups is 1. The van der Waals surface area contributed by atoms with Crippen molar-refractivity contribution >= 4 is 17.6 Å². The second kappa shape index (κ2) is 6.53. The number of benzene rings is 2. The molecule has 104 valence electrons. The summed E-state index contributed by atoms with van der Waals surface area (Å²) in [5, 5.41) is 9.92. The van der Waals surface area contributed by atoms with Gasteiger partial charge in [0.05, 0.1) is 5.92 Å². The number of hydrogen-bond donors (Lipinski definition) is 1. The molecule has 1 atom stereocenters. The molecule has 0 aliphatic carbocycles. The molecule has 0 bridgehead atoms. The summed E-state index contributed by atoms with van der Waals surface area (Å²) < 4.78 is 13.1. The molecule has 2 rings (SSSR count). The molecule has 4 heteroatoms. The van der Waals surface area contributed by atoms with Crippen LogP contribution < -0.4 is 0 Å². The number of hydrogen-bond acceptors (Lipinski definition) is 1. The van der Waals surface area contributed by atoms with Gasteiger partial charge in [-0.25, -0.2) is 4.39 Å². The van der Waals surface area contributed by atoms with Gasteiger partial charge in [-0.3, -0.25) is 4.79 Å². The minimum absolute atomic E-state index is 0.301. The maximum Gasteiger partial charge on any atom is 0.307 e. The van der Waals surface area contributed by atoms with E-state index in [2.05, 4.69) is 0 Å². The molecule has 0 aliphatic rings. The molecule has 0 heterocycles. The highest BCUT2D eigenvalue weighted by atomic mass is 35.5. The summed E-state index contributed by atoms with van der Waals surface area (Å²) in [6.07, 6.45) is 0.693. The second-order valence-corrected chi connectivity index (χ2v) is 5.14. The molecule has 1 N–H and O–H groups in total. The Kier molecular flexibility index (Phi) is 4.74. The highest BCUT2D eigenvalue weighted by Crippen LogP contribution is 2.18. The summed E-state index contributed by atoms with van der Waals surface area (Å²) in [6.45, 7) is 0. The lowest BCUT2D eigenvalue weighted by molar-refractivity contribution is -0.141. The lowest BCUT2D eigenvalue weighted by atomic mass is 9.92. The maximum atomic E-state index is 13.1. The normalized spacial score (nSPS) is 12.1. The van der Waals surface area contributed by atoms with Gasteiger partial charge in [-0.05, 0) is 48.2 Å². The van der Waals surface area contributed by atoms with Gasteiger partial charge in [0.2, 0.25) is 0 Å². The quantitative estimate of drug-likeness (QED) is 0.905. The minimum Gasteiger partial charge on any atom is -0.481 e. The first-order valence-corrected chi connectivity index (χ1v) is 6.64. The monoisotopic (exact) mass is 292 g/mol. The fourth-order valence-electron chi connectivity index (χ4n) is 2.10. The molecule has 0 aromatic heterocycles. The van der Waals surface area contributed by atoms with E-state index in [4.69, 9.17) is 11.6 Å². The lowest BCUT2D eigenvalue weighted by Gasteiger charge is -2.12. The van der Waals surface area contributed by atoms with Gasteiger partial charge in [-0.15, -0.1) is 0 Å². The van der Waals surface area contributed by atoms with E-state index in [0.717, 1.165) is 5.56 Å². The lowest BCUT2D eigenvalue weighted by Crippen LogP contribution is -2.19. The van der Waals surface area contributed by atoms with Crippen LogP contribution >= 0.6 is 11.6 Å².